The smallest absolute Gasteiger partial charge is 0.367 e. The predicted octanol–water partition coefficient (Wildman–Crippen LogP) is 3.73. The van der Waals surface area contributed by atoms with Gasteiger partial charge in [-0.2, -0.15) is 13.2 Å². The van der Waals surface area contributed by atoms with Crippen LogP contribution in [0.15, 0.2) is 18.3 Å². The van der Waals surface area contributed by atoms with Gasteiger partial charge < -0.3 is 4.90 Å². The fourth-order valence-corrected chi connectivity index (χ4v) is 2.31. The van der Waals surface area contributed by atoms with Crippen LogP contribution in [0.5, 0.6) is 0 Å². The molecule has 1 saturated heterocycles. The molecular weight excluding hydrogens is 241 g/mol. The Morgan fingerprint density at radius 1 is 1.33 bits per heavy atom. The van der Waals surface area contributed by atoms with Crippen molar-refractivity contribution in [2.75, 3.05) is 11.4 Å². The van der Waals surface area contributed by atoms with Crippen LogP contribution in [0.4, 0.5) is 18.9 Å². The predicted molar refractivity (Wildman–Crippen MR) is 64.4 cm³/mol. The fraction of sp³-hybridized carbons (Fsp3) is 0.615. The van der Waals surface area contributed by atoms with Gasteiger partial charge in [0.05, 0.1) is 11.9 Å². The Morgan fingerprint density at radius 2 is 2.00 bits per heavy atom. The number of rotatable bonds is 1. The standard InChI is InChI=1S/C13H17F3N2/c1-9-12(2,3)6-7-18(9)10-4-5-11(17-8-10)13(14,15)16/h4-5,8-9H,6-7H2,1-3H3. The Labute approximate surface area is 105 Å². The summed E-state index contributed by atoms with van der Waals surface area (Å²) in [5, 5.41) is 0. The normalized spacial score (nSPS) is 23.4. The van der Waals surface area contributed by atoms with Crippen LogP contribution in [0.25, 0.3) is 0 Å². The summed E-state index contributed by atoms with van der Waals surface area (Å²) in [4.78, 5) is 5.63. The van der Waals surface area contributed by atoms with E-state index < -0.39 is 11.9 Å². The van der Waals surface area contributed by atoms with Gasteiger partial charge in [0.2, 0.25) is 0 Å². The zero-order chi connectivity index (χ0) is 13.6. The average Bonchev–Trinajstić information content (AvgIpc) is 2.53. The van der Waals surface area contributed by atoms with Gasteiger partial charge in [0.15, 0.2) is 0 Å². The summed E-state index contributed by atoms with van der Waals surface area (Å²) in [6.45, 7) is 7.32. The molecule has 2 heterocycles. The average molecular weight is 258 g/mol. The van der Waals surface area contributed by atoms with E-state index in [1.807, 2.05) is 0 Å². The summed E-state index contributed by atoms with van der Waals surface area (Å²) >= 11 is 0. The van der Waals surface area contributed by atoms with Crippen LogP contribution in [0.2, 0.25) is 0 Å². The van der Waals surface area contributed by atoms with Crippen LogP contribution in [-0.2, 0) is 6.18 Å². The third-order valence-corrected chi connectivity index (χ3v) is 3.97. The maximum atomic E-state index is 12.4. The Morgan fingerprint density at radius 3 is 2.39 bits per heavy atom. The Balaban J connectivity index is 2.21. The van der Waals surface area contributed by atoms with E-state index in [0.29, 0.717) is 6.04 Å². The van der Waals surface area contributed by atoms with Crippen LogP contribution in [0, 0.1) is 5.41 Å². The quantitative estimate of drug-likeness (QED) is 0.763. The van der Waals surface area contributed by atoms with Crippen molar-refractivity contribution in [2.24, 2.45) is 5.41 Å². The van der Waals surface area contributed by atoms with Gasteiger partial charge >= 0.3 is 6.18 Å². The number of halogens is 3. The number of hydrogen-bond donors (Lipinski definition) is 0. The first-order valence-corrected chi connectivity index (χ1v) is 6.02. The molecule has 0 saturated carbocycles. The highest BCUT2D eigenvalue weighted by atomic mass is 19.4. The summed E-state index contributed by atoms with van der Waals surface area (Å²) in [6.07, 6.45) is -2.01. The van der Waals surface area contributed by atoms with Gasteiger partial charge in [-0.05, 0) is 30.9 Å². The van der Waals surface area contributed by atoms with Crippen LogP contribution >= 0.6 is 0 Å². The van der Waals surface area contributed by atoms with Crippen LogP contribution in [-0.4, -0.2) is 17.6 Å². The first kappa shape index (κ1) is 13.2. The summed E-state index contributed by atoms with van der Waals surface area (Å²) in [7, 11) is 0. The van der Waals surface area contributed by atoms with Crippen molar-refractivity contribution in [3.8, 4) is 0 Å². The van der Waals surface area contributed by atoms with Gasteiger partial charge in [0, 0.05) is 12.6 Å². The minimum atomic E-state index is -4.37. The number of nitrogens with zero attached hydrogens (tertiary/aromatic N) is 2. The van der Waals surface area contributed by atoms with Crippen LogP contribution in [0.3, 0.4) is 0 Å². The molecule has 0 radical (unpaired) electrons. The second kappa shape index (κ2) is 4.14. The molecule has 1 unspecified atom stereocenters. The van der Waals surface area contributed by atoms with Gasteiger partial charge in [-0.15, -0.1) is 0 Å². The van der Waals surface area contributed by atoms with Gasteiger partial charge in [0.25, 0.3) is 0 Å². The van der Waals surface area contributed by atoms with Crippen LogP contribution in [0.1, 0.15) is 32.9 Å². The molecule has 1 aliphatic heterocycles. The van der Waals surface area contributed by atoms with Crippen molar-refractivity contribution >= 4 is 5.69 Å². The minimum Gasteiger partial charge on any atom is -0.367 e. The van der Waals surface area contributed by atoms with Crippen molar-refractivity contribution < 1.29 is 13.2 Å². The number of alkyl halides is 3. The van der Waals surface area contributed by atoms with E-state index in [9.17, 15) is 13.2 Å². The molecule has 0 aliphatic carbocycles. The van der Waals surface area contributed by atoms with Crippen molar-refractivity contribution in [3.63, 3.8) is 0 Å². The molecule has 18 heavy (non-hydrogen) atoms. The molecule has 1 aliphatic rings. The summed E-state index contributed by atoms with van der Waals surface area (Å²) in [6, 6.07) is 2.86. The molecule has 1 aromatic heterocycles. The van der Waals surface area contributed by atoms with E-state index in [1.165, 1.54) is 12.3 Å². The molecule has 1 fully saturated rings. The van der Waals surface area contributed by atoms with E-state index in [2.05, 4.69) is 30.7 Å². The molecule has 2 nitrogen and oxygen atoms in total. The zero-order valence-corrected chi connectivity index (χ0v) is 10.8. The summed E-state index contributed by atoms with van der Waals surface area (Å²) < 4.78 is 37.3. The first-order chi connectivity index (χ1) is 8.22. The number of hydrogen-bond acceptors (Lipinski definition) is 2. The van der Waals surface area contributed by atoms with E-state index in [1.54, 1.807) is 0 Å². The molecule has 0 aromatic carbocycles. The number of anilines is 1. The number of pyridine rings is 1. The Kier molecular flexibility index (Phi) is 3.03. The Bertz CT molecular complexity index is 423. The molecular formula is C13H17F3N2. The zero-order valence-electron chi connectivity index (χ0n) is 10.8. The third-order valence-electron chi connectivity index (χ3n) is 3.97. The van der Waals surface area contributed by atoms with Gasteiger partial charge in [-0.1, -0.05) is 13.8 Å². The van der Waals surface area contributed by atoms with Gasteiger partial charge in [-0.3, -0.25) is 0 Å². The van der Waals surface area contributed by atoms with E-state index in [0.717, 1.165) is 24.7 Å². The monoisotopic (exact) mass is 258 g/mol. The lowest BCUT2D eigenvalue weighted by molar-refractivity contribution is -0.141. The van der Waals surface area contributed by atoms with E-state index in [-0.39, 0.29) is 5.41 Å². The Hall–Kier alpha value is -1.26. The van der Waals surface area contributed by atoms with Crippen molar-refractivity contribution in [3.05, 3.63) is 24.0 Å². The SMILES string of the molecule is CC1N(c2ccc(C(F)(F)F)nc2)CCC1(C)C. The van der Waals surface area contributed by atoms with Crippen molar-refractivity contribution in [1.82, 2.24) is 4.98 Å². The topological polar surface area (TPSA) is 16.1 Å². The van der Waals surface area contributed by atoms with E-state index in [4.69, 9.17) is 0 Å². The molecule has 0 bridgehead atoms. The highest BCUT2D eigenvalue weighted by molar-refractivity contribution is 5.47. The minimum absolute atomic E-state index is 0.183. The highest BCUT2D eigenvalue weighted by Crippen LogP contribution is 2.38. The lowest BCUT2D eigenvalue weighted by Gasteiger charge is -2.30. The summed E-state index contributed by atoms with van der Waals surface area (Å²) in [5.41, 5.74) is 0.112. The second-order valence-electron chi connectivity index (χ2n) is 5.51. The second-order valence-corrected chi connectivity index (χ2v) is 5.51. The molecule has 1 aromatic rings. The highest BCUT2D eigenvalue weighted by Gasteiger charge is 2.38. The summed E-state index contributed by atoms with van der Waals surface area (Å²) in [5.74, 6) is 0. The molecule has 2 rings (SSSR count). The lowest BCUT2D eigenvalue weighted by atomic mass is 9.86. The number of aromatic nitrogens is 1. The van der Waals surface area contributed by atoms with Crippen molar-refractivity contribution in [2.45, 2.75) is 39.4 Å². The fourth-order valence-electron chi connectivity index (χ4n) is 2.31. The molecule has 100 valence electrons. The van der Waals surface area contributed by atoms with Crippen molar-refractivity contribution in [1.29, 1.82) is 0 Å². The lowest BCUT2D eigenvalue weighted by Crippen LogP contribution is -2.33. The third kappa shape index (κ3) is 2.31. The van der Waals surface area contributed by atoms with E-state index >= 15 is 0 Å². The maximum Gasteiger partial charge on any atom is 0.433 e. The maximum absolute atomic E-state index is 12.4. The molecule has 0 spiro atoms. The first-order valence-electron chi connectivity index (χ1n) is 6.02. The molecule has 5 heteroatoms. The van der Waals surface area contributed by atoms with Gasteiger partial charge in [-0.25, -0.2) is 4.98 Å². The molecule has 0 N–H and O–H groups in total. The molecule has 0 amide bonds. The van der Waals surface area contributed by atoms with Crippen LogP contribution < -0.4 is 4.90 Å². The largest absolute Gasteiger partial charge is 0.433 e. The molecule has 1 atom stereocenters. The van der Waals surface area contributed by atoms with Gasteiger partial charge in [0.1, 0.15) is 5.69 Å².